The molecule has 0 spiro atoms. The van der Waals surface area contributed by atoms with E-state index in [-0.39, 0.29) is 5.92 Å². The topological polar surface area (TPSA) is 0 Å². The van der Waals surface area contributed by atoms with E-state index in [9.17, 15) is 0 Å². The highest BCUT2D eigenvalue weighted by atomic mass is 32.2. The second kappa shape index (κ2) is 7.15. The normalized spacial score (nSPS) is 10.6. The standard InChI is InChI=1S/C21H18S/c1-17(22-20-15-9-4-10-16-20)21(18-11-5-2-6-12-18)19-13-7-3-8-14-19/h2-16,21H,1H2. The van der Waals surface area contributed by atoms with Crippen molar-refractivity contribution in [1.82, 2.24) is 0 Å². The minimum Gasteiger partial charge on any atom is -0.0942 e. The highest BCUT2D eigenvalue weighted by Crippen LogP contribution is 2.40. The summed E-state index contributed by atoms with van der Waals surface area (Å²) in [6.45, 7) is 4.37. The molecule has 1 heteroatoms. The van der Waals surface area contributed by atoms with Crippen molar-refractivity contribution in [3.63, 3.8) is 0 Å². The number of thioether (sulfide) groups is 1. The molecule has 0 N–H and O–H groups in total. The lowest BCUT2D eigenvalue weighted by atomic mass is 9.91. The Balaban J connectivity index is 1.94. The van der Waals surface area contributed by atoms with Crippen LogP contribution >= 0.6 is 11.8 Å². The van der Waals surface area contributed by atoms with E-state index in [1.54, 1.807) is 11.8 Å². The van der Waals surface area contributed by atoms with E-state index in [0.717, 1.165) is 4.91 Å². The third kappa shape index (κ3) is 3.49. The summed E-state index contributed by atoms with van der Waals surface area (Å²) in [5.41, 5.74) is 2.56. The molecule has 0 aliphatic rings. The van der Waals surface area contributed by atoms with Crippen molar-refractivity contribution in [2.75, 3.05) is 0 Å². The van der Waals surface area contributed by atoms with Crippen molar-refractivity contribution in [2.45, 2.75) is 10.8 Å². The van der Waals surface area contributed by atoms with Gasteiger partial charge in [0.05, 0.1) is 0 Å². The quantitative estimate of drug-likeness (QED) is 0.511. The maximum Gasteiger partial charge on any atom is 0.0397 e. The maximum atomic E-state index is 4.37. The Morgan fingerprint density at radius 3 is 1.50 bits per heavy atom. The fourth-order valence-electron chi connectivity index (χ4n) is 2.55. The molecule has 0 aliphatic heterocycles. The van der Waals surface area contributed by atoms with E-state index >= 15 is 0 Å². The van der Waals surface area contributed by atoms with Gasteiger partial charge in [-0.05, 0) is 28.2 Å². The van der Waals surface area contributed by atoms with Gasteiger partial charge in [-0.2, -0.15) is 0 Å². The molecule has 22 heavy (non-hydrogen) atoms. The Morgan fingerprint density at radius 2 is 1.05 bits per heavy atom. The molecular formula is C21H18S. The van der Waals surface area contributed by atoms with E-state index in [2.05, 4.69) is 91.5 Å². The summed E-state index contributed by atoms with van der Waals surface area (Å²) in [5, 5.41) is 0. The van der Waals surface area contributed by atoms with Crippen LogP contribution in [0.1, 0.15) is 17.0 Å². The van der Waals surface area contributed by atoms with Gasteiger partial charge in [0.25, 0.3) is 0 Å². The molecule has 0 nitrogen and oxygen atoms in total. The van der Waals surface area contributed by atoms with Gasteiger partial charge in [-0.25, -0.2) is 0 Å². The predicted octanol–water partition coefficient (Wildman–Crippen LogP) is 6.12. The predicted molar refractivity (Wildman–Crippen MR) is 96.2 cm³/mol. The largest absolute Gasteiger partial charge is 0.0942 e. The van der Waals surface area contributed by atoms with Crippen LogP contribution in [0.5, 0.6) is 0 Å². The average Bonchev–Trinajstić information content (AvgIpc) is 2.58. The molecule has 0 aromatic heterocycles. The summed E-state index contributed by atoms with van der Waals surface area (Å²) >= 11 is 1.75. The van der Waals surface area contributed by atoms with Crippen LogP contribution in [-0.2, 0) is 0 Å². The summed E-state index contributed by atoms with van der Waals surface area (Å²) in [5.74, 6) is 0.201. The first-order chi connectivity index (χ1) is 10.8. The number of hydrogen-bond acceptors (Lipinski definition) is 1. The molecule has 0 aliphatic carbocycles. The molecule has 0 saturated carbocycles. The first kappa shape index (κ1) is 14.7. The van der Waals surface area contributed by atoms with Crippen molar-refractivity contribution in [3.8, 4) is 0 Å². The lowest BCUT2D eigenvalue weighted by Crippen LogP contribution is -2.02. The summed E-state index contributed by atoms with van der Waals surface area (Å²) in [6.07, 6.45) is 0. The average molecular weight is 302 g/mol. The van der Waals surface area contributed by atoms with Crippen LogP contribution in [0.4, 0.5) is 0 Å². The van der Waals surface area contributed by atoms with E-state index in [0.29, 0.717) is 0 Å². The van der Waals surface area contributed by atoms with E-state index in [1.165, 1.54) is 16.0 Å². The van der Waals surface area contributed by atoms with Crippen molar-refractivity contribution in [2.24, 2.45) is 0 Å². The zero-order valence-electron chi connectivity index (χ0n) is 12.4. The van der Waals surface area contributed by atoms with Crippen molar-refractivity contribution >= 4 is 11.8 Å². The third-order valence-electron chi connectivity index (χ3n) is 3.58. The molecule has 0 unspecified atom stereocenters. The van der Waals surface area contributed by atoms with Gasteiger partial charge in [-0.1, -0.05) is 97.2 Å². The van der Waals surface area contributed by atoms with Crippen LogP contribution < -0.4 is 0 Å². The van der Waals surface area contributed by atoms with Crippen molar-refractivity contribution < 1.29 is 0 Å². The fraction of sp³-hybridized carbons (Fsp3) is 0.0476. The lowest BCUT2D eigenvalue weighted by Gasteiger charge is -2.20. The summed E-state index contributed by atoms with van der Waals surface area (Å²) in [7, 11) is 0. The first-order valence-corrected chi connectivity index (χ1v) is 8.18. The van der Waals surface area contributed by atoms with Crippen molar-refractivity contribution in [1.29, 1.82) is 0 Å². The maximum absolute atomic E-state index is 4.37. The molecule has 0 saturated heterocycles. The summed E-state index contributed by atoms with van der Waals surface area (Å²) in [6, 6.07) is 31.6. The minimum absolute atomic E-state index is 0.201. The van der Waals surface area contributed by atoms with Crippen LogP contribution in [0.25, 0.3) is 0 Å². The Labute approximate surface area is 136 Å². The van der Waals surface area contributed by atoms with Crippen LogP contribution in [-0.4, -0.2) is 0 Å². The molecule has 0 amide bonds. The number of benzene rings is 3. The highest BCUT2D eigenvalue weighted by molar-refractivity contribution is 8.03. The monoisotopic (exact) mass is 302 g/mol. The zero-order chi connectivity index (χ0) is 15.2. The Kier molecular flexibility index (Phi) is 4.77. The second-order valence-electron chi connectivity index (χ2n) is 5.14. The van der Waals surface area contributed by atoms with E-state index in [4.69, 9.17) is 0 Å². The van der Waals surface area contributed by atoms with Gasteiger partial charge >= 0.3 is 0 Å². The molecule has 0 atom stereocenters. The van der Waals surface area contributed by atoms with Gasteiger partial charge in [0.15, 0.2) is 0 Å². The fourth-order valence-corrected chi connectivity index (χ4v) is 3.54. The molecule has 0 radical (unpaired) electrons. The van der Waals surface area contributed by atoms with Gasteiger partial charge in [0.1, 0.15) is 0 Å². The van der Waals surface area contributed by atoms with Crippen molar-refractivity contribution in [3.05, 3.63) is 114 Å². The third-order valence-corrected chi connectivity index (χ3v) is 4.59. The Morgan fingerprint density at radius 1 is 0.636 bits per heavy atom. The van der Waals surface area contributed by atoms with Crippen LogP contribution in [0, 0.1) is 0 Å². The molecular weight excluding hydrogens is 284 g/mol. The summed E-state index contributed by atoms with van der Waals surface area (Å²) < 4.78 is 0. The number of rotatable bonds is 5. The smallest absolute Gasteiger partial charge is 0.0397 e. The molecule has 3 aromatic carbocycles. The Hall–Kier alpha value is -2.25. The lowest BCUT2D eigenvalue weighted by molar-refractivity contribution is 1.01. The number of allylic oxidation sites excluding steroid dienone is 1. The molecule has 3 rings (SSSR count). The van der Waals surface area contributed by atoms with E-state index < -0.39 is 0 Å². The van der Waals surface area contributed by atoms with Crippen LogP contribution in [0.3, 0.4) is 0 Å². The first-order valence-electron chi connectivity index (χ1n) is 7.36. The van der Waals surface area contributed by atoms with Crippen LogP contribution in [0.15, 0.2) is 107 Å². The molecule has 0 fully saturated rings. The molecule has 0 heterocycles. The highest BCUT2D eigenvalue weighted by Gasteiger charge is 2.18. The molecule has 3 aromatic rings. The second-order valence-corrected chi connectivity index (χ2v) is 6.34. The molecule has 0 bridgehead atoms. The van der Waals surface area contributed by atoms with Gasteiger partial charge < -0.3 is 0 Å². The Bertz CT molecular complexity index is 678. The van der Waals surface area contributed by atoms with Gasteiger partial charge in [0.2, 0.25) is 0 Å². The number of hydrogen-bond donors (Lipinski definition) is 0. The van der Waals surface area contributed by atoms with Gasteiger partial charge in [0, 0.05) is 10.8 Å². The zero-order valence-corrected chi connectivity index (χ0v) is 13.2. The molecule has 108 valence electrons. The van der Waals surface area contributed by atoms with Gasteiger partial charge in [-0.15, -0.1) is 0 Å². The van der Waals surface area contributed by atoms with Gasteiger partial charge in [-0.3, -0.25) is 0 Å². The summed E-state index contributed by atoms with van der Waals surface area (Å²) in [4.78, 5) is 2.37. The van der Waals surface area contributed by atoms with E-state index in [1.807, 2.05) is 6.07 Å². The SMILES string of the molecule is C=C(Sc1ccccc1)C(c1ccccc1)c1ccccc1. The van der Waals surface area contributed by atoms with Crippen LogP contribution in [0.2, 0.25) is 0 Å². The minimum atomic E-state index is 0.201.